The molecule has 0 aliphatic carbocycles. The van der Waals surface area contributed by atoms with E-state index in [-0.39, 0.29) is 6.10 Å². The van der Waals surface area contributed by atoms with Crippen LogP contribution in [0.2, 0.25) is 0 Å². The summed E-state index contributed by atoms with van der Waals surface area (Å²) < 4.78 is 11.6. The molecule has 7 heteroatoms. The fourth-order valence-corrected chi connectivity index (χ4v) is 4.62. The normalized spacial score (nSPS) is 20.1. The van der Waals surface area contributed by atoms with Crippen LogP contribution in [-0.2, 0) is 4.74 Å². The van der Waals surface area contributed by atoms with Gasteiger partial charge in [-0.1, -0.05) is 12.1 Å². The second-order valence-corrected chi connectivity index (χ2v) is 9.30. The molecule has 4 heterocycles. The van der Waals surface area contributed by atoms with Gasteiger partial charge in [0, 0.05) is 43.2 Å². The summed E-state index contributed by atoms with van der Waals surface area (Å²) in [5.41, 5.74) is 3.87. The average molecular weight is 435 g/mol. The molecule has 0 saturated carbocycles. The second-order valence-electron chi connectivity index (χ2n) is 9.30. The molecule has 0 amide bonds. The van der Waals surface area contributed by atoms with Crippen LogP contribution in [0.3, 0.4) is 0 Å². The van der Waals surface area contributed by atoms with Gasteiger partial charge >= 0.3 is 0 Å². The minimum Gasteiger partial charge on any atom is -0.470 e. The molecule has 1 aromatic carbocycles. The van der Waals surface area contributed by atoms with Crippen molar-refractivity contribution in [1.82, 2.24) is 15.0 Å². The van der Waals surface area contributed by atoms with E-state index in [0.717, 1.165) is 49.1 Å². The first-order valence-electron chi connectivity index (χ1n) is 11.4. The maximum absolute atomic E-state index is 10.3. The number of nitrogens with zero attached hydrogens (tertiary/aromatic N) is 4. The van der Waals surface area contributed by atoms with Gasteiger partial charge in [-0.05, 0) is 50.8 Å². The van der Waals surface area contributed by atoms with Crippen LogP contribution in [0.15, 0.2) is 42.7 Å². The first-order chi connectivity index (χ1) is 15.5. The molecule has 7 nitrogen and oxygen atoms in total. The lowest BCUT2D eigenvalue weighted by Crippen LogP contribution is -2.41. The Bertz CT molecular complexity index is 1070. The fraction of sp³-hybridized carbons (Fsp3) is 0.480. The van der Waals surface area contributed by atoms with Crippen molar-refractivity contribution in [1.29, 1.82) is 0 Å². The summed E-state index contributed by atoms with van der Waals surface area (Å²) in [5, 5.41) is 10.3. The van der Waals surface area contributed by atoms with Crippen molar-refractivity contribution in [3.8, 4) is 17.1 Å². The Labute approximate surface area is 188 Å². The predicted molar refractivity (Wildman–Crippen MR) is 124 cm³/mol. The topological polar surface area (TPSA) is 80.6 Å². The molecule has 2 aliphatic rings. The number of rotatable bonds is 5. The van der Waals surface area contributed by atoms with E-state index in [1.807, 2.05) is 19.9 Å². The second kappa shape index (κ2) is 8.64. The van der Waals surface area contributed by atoms with Crippen LogP contribution in [-0.4, -0.2) is 58.1 Å². The highest BCUT2D eigenvalue weighted by Gasteiger charge is 2.30. The summed E-state index contributed by atoms with van der Waals surface area (Å²) in [6, 6.07) is 10.5. The van der Waals surface area contributed by atoms with Gasteiger partial charge in [-0.15, -0.1) is 0 Å². The Balaban J connectivity index is 1.37. The molecule has 0 bridgehead atoms. The van der Waals surface area contributed by atoms with Crippen LogP contribution in [0.5, 0.6) is 5.88 Å². The molecular formula is C25H30N4O3. The van der Waals surface area contributed by atoms with E-state index in [9.17, 15) is 5.11 Å². The van der Waals surface area contributed by atoms with Crippen molar-refractivity contribution in [3.05, 3.63) is 42.7 Å². The van der Waals surface area contributed by atoms with Gasteiger partial charge in [-0.25, -0.2) is 9.97 Å². The van der Waals surface area contributed by atoms with E-state index >= 15 is 0 Å². The Morgan fingerprint density at radius 3 is 2.50 bits per heavy atom. The summed E-state index contributed by atoms with van der Waals surface area (Å²) in [6.07, 6.45) is 6.21. The zero-order valence-corrected chi connectivity index (χ0v) is 18.7. The zero-order valence-electron chi connectivity index (χ0n) is 18.7. The van der Waals surface area contributed by atoms with E-state index < -0.39 is 5.60 Å². The molecule has 1 N–H and O–H groups in total. The summed E-state index contributed by atoms with van der Waals surface area (Å²) in [4.78, 5) is 16.1. The molecule has 2 saturated heterocycles. The fourth-order valence-electron chi connectivity index (χ4n) is 4.62. The molecule has 0 radical (unpaired) electrons. The van der Waals surface area contributed by atoms with Crippen molar-refractivity contribution in [2.24, 2.45) is 5.92 Å². The molecule has 1 atom stereocenters. The maximum Gasteiger partial charge on any atom is 0.243 e. The highest BCUT2D eigenvalue weighted by Crippen LogP contribution is 2.32. The number of fused-ring (bicyclic) bond motifs is 1. The molecule has 0 spiro atoms. The molecule has 32 heavy (non-hydrogen) atoms. The van der Waals surface area contributed by atoms with Gasteiger partial charge in [0.05, 0.1) is 30.0 Å². The maximum atomic E-state index is 10.3. The van der Waals surface area contributed by atoms with Crippen LogP contribution in [0.4, 0.5) is 5.69 Å². The molecule has 2 aliphatic heterocycles. The van der Waals surface area contributed by atoms with E-state index in [0.29, 0.717) is 30.5 Å². The molecule has 3 aromatic rings. The number of aliphatic hydroxyl groups is 1. The Morgan fingerprint density at radius 1 is 1.06 bits per heavy atom. The van der Waals surface area contributed by atoms with Crippen molar-refractivity contribution in [3.63, 3.8) is 0 Å². The van der Waals surface area contributed by atoms with Gasteiger partial charge in [0.25, 0.3) is 0 Å². The standard InChI is InChI=1S/C25H30N4O3/c1-25(2,30)18-7-12-29(13-8-18)19-5-3-17(4-6-19)21-15-22-23(27-11-10-26-22)24(28-21)32-20-9-14-31-16-20/h3-6,10-11,15,18,20,30H,7-9,12-14,16H2,1-2H3/t20-/m1/s1. The van der Waals surface area contributed by atoms with E-state index in [2.05, 4.69) is 39.1 Å². The number of piperidine rings is 1. The molecule has 168 valence electrons. The monoisotopic (exact) mass is 434 g/mol. The van der Waals surface area contributed by atoms with Gasteiger partial charge in [0.1, 0.15) is 6.10 Å². The van der Waals surface area contributed by atoms with Gasteiger partial charge in [0.15, 0.2) is 5.52 Å². The van der Waals surface area contributed by atoms with Crippen molar-refractivity contribution in [2.45, 2.75) is 44.8 Å². The average Bonchev–Trinajstić information content (AvgIpc) is 3.32. The van der Waals surface area contributed by atoms with Gasteiger partial charge in [0.2, 0.25) is 5.88 Å². The smallest absolute Gasteiger partial charge is 0.243 e. The Kier molecular flexibility index (Phi) is 5.69. The largest absolute Gasteiger partial charge is 0.470 e. The Hall–Kier alpha value is -2.77. The molecule has 2 aromatic heterocycles. The lowest BCUT2D eigenvalue weighted by molar-refractivity contribution is 0.00651. The SMILES string of the molecule is CC(C)(O)C1CCN(c2ccc(-c3cc4nccnc4c(O[C@@H]4CCOC4)n3)cc2)CC1. The van der Waals surface area contributed by atoms with E-state index in [1.54, 1.807) is 12.4 Å². The predicted octanol–water partition coefficient (Wildman–Crippen LogP) is 3.85. The third-order valence-corrected chi connectivity index (χ3v) is 6.61. The summed E-state index contributed by atoms with van der Waals surface area (Å²) >= 11 is 0. The first kappa shape index (κ1) is 21.1. The van der Waals surface area contributed by atoms with Crippen LogP contribution in [0.25, 0.3) is 22.3 Å². The van der Waals surface area contributed by atoms with Gasteiger partial charge in [-0.3, -0.25) is 4.98 Å². The number of anilines is 1. The first-order valence-corrected chi connectivity index (χ1v) is 11.4. The van der Waals surface area contributed by atoms with E-state index in [4.69, 9.17) is 14.5 Å². The summed E-state index contributed by atoms with van der Waals surface area (Å²) in [5.74, 6) is 0.864. The van der Waals surface area contributed by atoms with Crippen LogP contribution in [0.1, 0.15) is 33.1 Å². The quantitative estimate of drug-likeness (QED) is 0.653. The van der Waals surface area contributed by atoms with Gasteiger partial charge < -0.3 is 19.5 Å². The van der Waals surface area contributed by atoms with Crippen LogP contribution < -0.4 is 9.64 Å². The highest BCUT2D eigenvalue weighted by molar-refractivity contribution is 5.83. The Morgan fingerprint density at radius 2 is 1.81 bits per heavy atom. The van der Waals surface area contributed by atoms with Crippen molar-refractivity contribution in [2.75, 3.05) is 31.2 Å². The third kappa shape index (κ3) is 4.40. The van der Waals surface area contributed by atoms with E-state index in [1.165, 1.54) is 5.69 Å². The number of benzene rings is 1. The molecular weight excluding hydrogens is 404 g/mol. The number of aromatic nitrogens is 3. The van der Waals surface area contributed by atoms with Crippen LogP contribution in [0, 0.1) is 5.92 Å². The molecule has 5 rings (SSSR count). The van der Waals surface area contributed by atoms with Gasteiger partial charge in [-0.2, -0.15) is 0 Å². The van der Waals surface area contributed by atoms with Crippen molar-refractivity contribution < 1.29 is 14.6 Å². The number of hydrogen-bond acceptors (Lipinski definition) is 7. The summed E-state index contributed by atoms with van der Waals surface area (Å²) in [7, 11) is 0. The minimum absolute atomic E-state index is 0.00263. The number of hydrogen-bond donors (Lipinski definition) is 1. The molecule has 2 fully saturated rings. The zero-order chi connectivity index (χ0) is 22.1. The van der Waals surface area contributed by atoms with Crippen molar-refractivity contribution >= 4 is 16.7 Å². The lowest BCUT2D eigenvalue weighted by Gasteiger charge is -2.38. The minimum atomic E-state index is -0.606. The number of pyridine rings is 1. The van der Waals surface area contributed by atoms with Crippen LogP contribution >= 0.6 is 0 Å². The summed E-state index contributed by atoms with van der Waals surface area (Å²) in [6.45, 7) is 7.04. The number of ether oxygens (including phenoxy) is 2. The third-order valence-electron chi connectivity index (χ3n) is 6.61. The molecule has 0 unspecified atom stereocenters. The highest BCUT2D eigenvalue weighted by atomic mass is 16.5. The lowest BCUT2D eigenvalue weighted by atomic mass is 9.83.